The number of rotatable bonds is 21. The molecule has 3 atom stereocenters. The predicted molar refractivity (Wildman–Crippen MR) is 482 cm³/mol. The number of imidazole rings is 5. The van der Waals surface area contributed by atoms with E-state index in [-0.39, 0.29) is 18.9 Å². The van der Waals surface area contributed by atoms with Gasteiger partial charge in [0.1, 0.15) is 47.5 Å². The monoisotopic (exact) mass is 1760 g/mol. The number of aliphatic carboxylic acids is 1. The molecule has 0 saturated carbocycles. The van der Waals surface area contributed by atoms with Gasteiger partial charge in [-0.25, -0.2) is 42.5 Å². The van der Waals surface area contributed by atoms with E-state index in [1.807, 2.05) is 228 Å². The van der Waals surface area contributed by atoms with Crippen molar-refractivity contribution in [1.82, 2.24) is 72.3 Å². The summed E-state index contributed by atoms with van der Waals surface area (Å²) in [6.07, 6.45) is 2.95. The minimum Gasteiger partial charge on any atom is -0.480 e. The Balaban J connectivity index is 0.000000114. The molecule has 27 heteroatoms. The van der Waals surface area contributed by atoms with Crippen LogP contribution in [0.2, 0.25) is 25.1 Å². The van der Waals surface area contributed by atoms with Crippen LogP contribution in [-0.4, -0.2) is 166 Å². The minimum atomic E-state index is -2.59. The standard InChI is InChI=1S/C20H20ClN3O2.C19H18ClF2N3.2C19H19ClFN3.C19H18ClN3O/c21-15-9-7-14(8-10-15)12-24-17-5-2-1-4-16(17)22-19(24)13-23-11-3-6-18(23)20(25)26;20-15-7-5-14(6-8-15)11-25-17-4-2-1-3-16(17)23-18(25)12-24-10-9-19(21,22)13-24;2*20-15-7-5-14(6-8-15)11-24-18-4-2-1-3-17(18)22-19(24)13-23-10-9-16(21)12-23;20-15-9-7-14(8-10-15)12-23-17-5-2-1-4-16(17)21-18(23)13-22-11-3-6-19(22)24/h1-2,4-5,7-10,18H,3,6,11-13H2,(H,25,26);1-8H,9-13H2;2*1-8,16H,9-13H2;1-2,4-5,7-10H,3,6,11-13H2/t;;2*16-;/m..10./s1. The lowest BCUT2D eigenvalue weighted by molar-refractivity contribution is -0.142. The molecule has 0 aliphatic carbocycles. The van der Waals surface area contributed by atoms with E-state index < -0.39 is 30.3 Å². The zero-order chi connectivity index (χ0) is 85.1. The van der Waals surface area contributed by atoms with Crippen LogP contribution in [0.3, 0.4) is 0 Å². The molecule has 0 radical (unpaired) electrons. The number of hydrogen-bond acceptors (Lipinski definition) is 11. The van der Waals surface area contributed by atoms with Crippen molar-refractivity contribution >= 4 is 125 Å². The maximum absolute atomic E-state index is 13.5. The predicted octanol–water partition coefficient (Wildman–Crippen LogP) is 20.8. The molecule has 634 valence electrons. The molecule has 0 spiro atoms. The molecule has 5 fully saturated rings. The summed E-state index contributed by atoms with van der Waals surface area (Å²) in [5.74, 6) is 1.50. The Morgan fingerprint density at radius 1 is 0.358 bits per heavy atom. The molecule has 1 amide bonds. The number of fused-ring (bicyclic) bond motifs is 5. The second-order valence-corrected chi connectivity index (χ2v) is 34.3. The number of carboxylic acid groups (broad SMARTS) is 1. The van der Waals surface area contributed by atoms with Crippen LogP contribution in [0.4, 0.5) is 17.6 Å². The molecule has 1 N–H and O–H groups in total. The van der Waals surface area contributed by atoms with Crippen LogP contribution in [0.1, 0.15) is 102 Å². The van der Waals surface area contributed by atoms with Crippen molar-refractivity contribution in [1.29, 1.82) is 0 Å². The number of carbonyl (C=O) groups excluding carboxylic acids is 1. The summed E-state index contributed by atoms with van der Waals surface area (Å²) in [7, 11) is 0. The van der Waals surface area contributed by atoms with Crippen LogP contribution < -0.4 is 0 Å². The molecule has 20 rings (SSSR count). The molecule has 18 nitrogen and oxygen atoms in total. The van der Waals surface area contributed by atoms with Gasteiger partial charge in [0, 0.05) is 110 Å². The molecule has 10 heterocycles. The van der Waals surface area contributed by atoms with E-state index in [1.165, 1.54) is 11.1 Å². The van der Waals surface area contributed by atoms with Crippen LogP contribution in [-0.2, 0) is 75.0 Å². The molecule has 5 saturated heterocycles. The third kappa shape index (κ3) is 21.8. The van der Waals surface area contributed by atoms with Crippen LogP contribution in [0.15, 0.2) is 243 Å². The van der Waals surface area contributed by atoms with E-state index in [9.17, 15) is 32.3 Å². The molecule has 0 bridgehead atoms. The van der Waals surface area contributed by atoms with Gasteiger partial charge < -0.3 is 32.8 Å². The Morgan fingerprint density at radius 3 is 0.935 bits per heavy atom. The van der Waals surface area contributed by atoms with Gasteiger partial charge in [-0.1, -0.05) is 179 Å². The first-order chi connectivity index (χ1) is 59.7. The summed E-state index contributed by atoms with van der Waals surface area (Å²) in [6, 6.07) is 79.0. The van der Waals surface area contributed by atoms with Gasteiger partial charge in [0.05, 0.1) is 94.4 Å². The van der Waals surface area contributed by atoms with Gasteiger partial charge in [-0.2, -0.15) is 0 Å². The van der Waals surface area contributed by atoms with Gasteiger partial charge in [-0.3, -0.25) is 29.2 Å². The quantitative estimate of drug-likeness (QED) is 0.0680. The summed E-state index contributed by atoms with van der Waals surface area (Å²) in [5.41, 5.74) is 15.9. The normalized spacial score (nSPS) is 17.4. The average Bonchev–Trinajstić information content (AvgIpc) is 1.66. The number of carbonyl (C=O) groups is 2. The fraction of sp³-hybridized carbons (Fsp3) is 0.302. The SMILES string of the molecule is FC1(F)CCN(Cc2nc3ccccc3n2Cc2ccc(Cl)cc2)C1.F[C@@H]1CCN(Cc2nc3ccccc3n2Cc2ccc(Cl)cc2)C1.F[C@H]1CCN(Cc2nc3ccccc3n2Cc2ccc(Cl)cc2)C1.O=C(O)C1CCCN1Cc1nc2ccccc2n1Cc1ccc(Cl)cc1.O=C1CCCN1Cc1nc2ccccc2n1Cc1ccc(Cl)cc1. The second kappa shape index (κ2) is 39.6. The van der Waals surface area contributed by atoms with Gasteiger partial charge in [-0.15, -0.1) is 0 Å². The number of benzene rings is 10. The highest BCUT2D eigenvalue weighted by atomic mass is 35.5. The summed E-state index contributed by atoms with van der Waals surface area (Å²) in [5, 5.41) is 13.1. The van der Waals surface area contributed by atoms with E-state index >= 15 is 0 Å². The lowest BCUT2D eigenvalue weighted by Crippen LogP contribution is -2.36. The highest BCUT2D eigenvalue weighted by Crippen LogP contribution is 2.33. The van der Waals surface area contributed by atoms with Crippen LogP contribution >= 0.6 is 58.0 Å². The summed E-state index contributed by atoms with van der Waals surface area (Å²) >= 11 is 29.9. The van der Waals surface area contributed by atoms with Crippen molar-refractivity contribution < 1.29 is 32.3 Å². The molecule has 5 aromatic heterocycles. The van der Waals surface area contributed by atoms with E-state index in [2.05, 4.69) is 61.9 Å². The van der Waals surface area contributed by atoms with Gasteiger partial charge in [0.15, 0.2) is 0 Å². The van der Waals surface area contributed by atoms with E-state index in [0.29, 0.717) is 101 Å². The summed E-state index contributed by atoms with van der Waals surface area (Å²) in [4.78, 5) is 57.3. The van der Waals surface area contributed by atoms with Crippen LogP contribution in [0, 0.1) is 0 Å². The van der Waals surface area contributed by atoms with Gasteiger partial charge >= 0.3 is 5.97 Å². The zero-order valence-corrected chi connectivity index (χ0v) is 71.7. The topological polar surface area (TPSA) is 160 Å². The van der Waals surface area contributed by atoms with E-state index in [0.717, 1.165) is 175 Å². The Hall–Kier alpha value is -10.5. The number of hydrogen-bond donors (Lipinski definition) is 1. The van der Waals surface area contributed by atoms with Gasteiger partial charge in [0.2, 0.25) is 5.91 Å². The first kappa shape index (κ1) is 86.0. The van der Waals surface area contributed by atoms with Crippen molar-refractivity contribution in [2.24, 2.45) is 0 Å². The van der Waals surface area contributed by atoms with Gasteiger partial charge in [-0.05, 0) is 188 Å². The molecule has 123 heavy (non-hydrogen) atoms. The first-order valence-corrected chi connectivity index (χ1v) is 43.6. The molecule has 15 aromatic rings. The Morgan fingerprint density at radius 2 is 0.659 bits per heavy atom. The van der Waals surface area contributed by atoms with Crippen LogP contribution in [0.25, 0.3) is 55.2 Å². The summed E-state index contributed by atoms with van der Waals surface area (Å²) < 4.78 is 64.9. The summed E-state index contributed by atoms with van der Waals surface area (Å²) in [6.45, 7) is 10.8. The number of alkyl halides is 4. The molecular weight excluding hydrogens is 1660 g/mol. The highest BCUT2D eigenvalue weighted by Gasteiger charge is 2.39. The van der Waals surface area contributed by atoms with E-state index in [1.54, 1.807) is 4.90 Å². The van der Waals surface area contributed by atoms with E-state index in [4.69, 9.17) is 77.9 Å². The minimum absolute atomic E-state index is 0.0790. The fourth-order valence-corrected chi connectivity index (χ4v) is 17.5. The lowest BCUT2D eigenvalue weighted by atomic mass is 10.2. The molecule has 5 aliphatic rings. The number of amides is 1. The van der Waals surface area contributed by atoms with Crippen molar-refractivity contribution in [3.63, 3.8) is 0 Å². The maximum Gasteiger partial charge on any atom is 0.320 e. The zero-order valence-electron chi connectivity index (χ0n) is 67.9. The Labute approximate surface area is 736 Å². The highest BCUT2D eigenvalue weighted by molar-refractivity contribution is 6.31. The number of nitrogens with zero attached hydrogens (tertiary/aromatic N) is 15. The molecule has 1 unspecified atom stereocenters. The third-order valence-corrected chi connectivity index (χ3v) is 24.5. The van der Waals surface area contributed by atoms with Crippen molar-refractivity contribution in [2.45, 2.75) is 135 Å². The van der Waals surface area contributed by atoms with Crippen LogP contribution in [0.5, 0.6) is 0 Å². The maximum atomic E-state index is 13.5. The smallest absolute Gasteiger partial charge is 0.320 e. The fourth-order valence-electron chi connectivity index (χ4n) is 16.9. The average molecular weight is 1760 g/mol. The lowest BCUT2D eigenvalue weighted by Gasteiger charge is -2.21. The number of likely N-dealkylation sites (tertiary alicyclic amines) is 5. The first-order valence-electron chi connectivity index (χ1n) is 41.7. The van der Waals surface area contributed by atoms with Crippen molar-refractivity contribution in [3.05, 3.63) is 325 Å². The van der Waals surface area contributed by atoms with Gasteiger partial charge in [0.25, 0.3) is 5.92 Å². The number of para-hydroxylation sites is 10. The third-order valence-electron chi connectivity index (χ3n) is 23.2. The Kier molecular flexibility index (Phi) is 27.7. The largest absolute Gasteiger partial charge is 0.480 e. The number of halogens is 9. The number of aromatic nitrogens is 10. The number of carboxylic acids is 1. The Bertz CT molecular complexity index is 5980. The molecule has 10 aromatic carbocycles. The second-order valence-electron chi connectivity index (χ2n) is 32.1. The molecule has 5 aliphatic heterocycles. The van der Waals surface area contributed by atoms with Crippen molar-refractivity contribution in [3.8, 4) is 0 Å². The van der Waals surface area contributed by atoms with Crippen molar-refractivity contribution in [2.75, 3.05) is 52.4 Å². The molecular formula is C96H94Cl5F4N15O3.